The van der Waals surface area contributed by atoms with Crippen molar-refractivity contribution in [3.63, 3.8) is 0 Å². The normalized spacial score (nSPS) is 12.9. The number of fused-ring (bicyclic) bond motifs is 2. The molecule has 0 fully saturated rings. The number of benzene rings is 2. The fourth-order valence-electron chi connectivity index (χ4n) is 2.94. The minimum Gasteiger partial charge on any atom is -0.442 e. The fourth-order valence-corrected chi connectivity index (χ4v) is 4.37. The van der Waals surface area contributed by atoms with Crippen molar-refractivity contribution in [2.75, 3.05) is 13.3 Å². The first-order chi connectivity index (χ1) is 14.0. The Labute approximate surface area is 173 Å². The summed E-state index contributed by atoms with van der Waals surface area (Å²) < 4.78 is 5.83. The van der Waals surface area contributed by atoms with Crippen LogP contribution < -0.4 is 5.32 Å². The topological polar surface area (TPSA) is 92.8 Å². The molecular formula is C20H13ClN2O5S. The molecule has 0 aliphatic carbocycles. The molecule has 2 aromatic carbocycles. The summed E-state index contributed by atoms with van der Waals surface area (Å²) >= 11 is 7.46. The number of halogens is 1. The maximum absolute atomic E-state index is 12.3. The van der Waals surface area contributed by atoms with Gasteiger partial charge in [0.1, 0.15) is 11.4 Å². The summed E-state index contributed by atoms with van der Waals surface area (Å²) in [5, 5.41) is 3.52. The standard InChI is InChI=1S/C20H13ClN2O5S/c21-16-13-7-3-4-8-14(13)29-17(16)18(25)22-9-15(24)28-10-23-19(26)11-5-1-2-6-12(11)20(23)27/h1-8H,9-10H2,(H,22,25). The molecule has 0 spiro atoms. The van der Waals surface area contributed by atoms with Crippen molar-refractivity contribution >= 4 is 56.7 Å². The third-order valence-electron chi connectivity index (χ3n) is 4.37. The quantitative estimate of drug-likeness (QED) is 0.498. The number of carbonyl (C=O) groups is 4. The predicted molar refractivity (Wildman–Crippen MR) is 107 cm³/mol. The monoisotopic (exact) mass is 428 g/mol. The molecule has 0 atom stereocenters. The number of carbonyl (C=O) groups excluding carboxylic acids is 4. The van der Waals surface area contributed by atoms with Crippen LogP contribution in [0.25, 0.3) is 10.1 Å². The Morgan fingerprint density at radius 3 is 2.28 bits per heavy atom. The molecule has 3 amide bonds. The van der Waals surface area contributed by atoms with E-state index >= 15 is 0 Å². The van der Waals surface area contributed by atoms with E-state index in [1.54, 1.807) is 18.2 Å². The number of ether oxygens (including phenoxy) is 1. The summed E-state index contributed by atoms with van der Waals surface area (Å²) in [6, 6.07) is 13.7. The van der Waals surface area contributed by atoms with E-state index in [4.69, 9.17) is 16.3 Å². The molecule has 146 valence electrons. The van der Waals surface area contributed by atoms with Crippen molar-refractivity contribution in [1.82, 2.24) is 10.2 Å². The highest BCUT2D eigenvalue weighted by Crippen LogP contribution is 2.34. The zero-order chi connectivity index (χ0) is 20.5. The molecule has 0 saturated carbocycles. The van der Waals surface area contributed by atoms with E-state index in [-0.39, 0.29) is 11.1 Å². The van der Waals surface area contributed by atoms with Crippen LogP contribution in [0.1, 0.15) is 30.4 Å². The Kier molecular flexibility index (Phi) is 5.04. The molecule has 1 aliphatic rings. The number of hydrogen-bond donors (Lipinski definition) is 1. The fraction of sp³-hybridized carbons (Fsp3) is 0.100. The number of esters is 1. The number of nitrogens with one attached hydrogen (secondary N) is 1. The van der Waals surface area contributed by atoms with Crippen LogP contribution in [0, 0.1) is 0 Å². The molecule has 0 radical (unpaired) electrons. The van der Waals surface area contributed by atoms with E-state index in [1.165, 1.54) is 23.5 Å². The van der Waals surface area contributed by atoms with Gasteiger partial charge in [-0.2, -0.15) is 0 Å². The molecule has 29 heavy (non-hydrogen) atoms. The first-order valence-electron chi connectivity index (χ1n) is 8.53. The van der Waals surface area contributed by atoms with Crippen molar-refractivity contribution in [3.05, 3.63) is 69.6 Å². The van der Waals surface area contributed by atoms with Crippen molar-refractivity contribution in [2.45, 2.75) is 0 Å². The van der Waals surface area contributed by atoms with Gasteiger partial charge in [0.25, 0.3) is 17.7 Å². The first kappa shape index (κ1) is 19.1. The summed E-state index contributed by atoms with van der Waals surface area (Å²) in [6.45, 7) is -0.947. The highest BCUT2D eigenvalue weighted by atomic mass is 35.5. The van der Waals surface area contributed by atoms with Crippen molar-refractivity contribution in [1.29, 1.82) is 0 Å². The van der Waals surface area contributed by atoms with Crippen molar-refractivity contribution in [2.24, 2.45) is 0 Å². The third-order valence-corrected chi connectivity index (χ3v) is 6.04. The van der Waals surface area contributed by atoms with Crippen LogP contribution in [0.4, 0.5) is 0 Å². The highest BCUT2D eigenvalue weighted by molar-refractivity contribution is 7.21. The average molecular weight is 429 g/mol. The highest BCUT2D eigenvalue weighted by Gasteiger charge is 2.35. The predicted octanol–water partition coefficient (Wildman–Crippen LogP) is 3.08. The lowest BCUT2D eigenvalue weighted by Crippen LogP contribution is -2.36. The van der Waals surface area contributed by atoms with Crippen LogP contribution in [0.2, 0.25) is 5.02 Å². The molecule has 7 nitrogen and oxygen atoms in total. The number of rotatable bonds is 5. The molecule has 2 heterocycles. The Bertz CT molecular complexity index is 1140. The van der Waals surface area contributed by atoms with E-state index in [0.29, 0.717) is 9.90 Å². The lowest BCUT2D eigenvalue weighted by molar-refractivity contribution is -0.145. The van der Waals surface area contributed by atoms with Gasteiger partial charge in [-0.15, -0.1) is 11.3 Å². The second kappa shape index (κ2) is 7.65. The van der Waals surface area contributed by atoms with E-state index in [2.05, 4.69) is 5.32 Å². The molecule has 1 aliphatic heterocycles. The van der Waals surface area contributed by atoms with Crippen LogP contribution >= 0.6 is 22.9 Å². The largest absolute Gasteiger partial charge is 0.442 e. The SMILES string of the molecule is O=C(CNC(=O)c1sc2ccccc2c1Cl)OCN1C(=O)c2ccccc2C1=O. The maximum Gasteiger partial charge on any atom is 0.327 e. The van der Waals surface area contributed by atoms with Crippen molar-refractivity contribution < 1.29 is 23.9 Å². The average Bonchev–Trinajstić information content (AvgIpc) is 3.20. The number of nitrogens with zero attached hydrogens (tertiary/aromatic N) is 1. The Balaban J connectivity index is 1.34. The minimum atomic E-state index is -0.785. The smallest absolute Gasteiger partial charge is 0.327 e. The number of thiophene rings is 1. The molecule has 1 N–H and O–H groups in total. The summed E-state index contributed by atoms with van der Waals surface area (Å²) in [6.07, 6.45) is 0. The molecule has 1 aromatic heterocycles. The lowest BCUT2D eigenvalue weighted by Gasteiger charge is -2.14. The van der Waals surface area contributed by atoms with Gasteiger partial charge in [0.2, 0.25) is 0 Å². The lowest BCUT2D eigenvalue weighted by atomic mass is 10.1. The van der Waals surface area contributed by atoms with Crippen LogP contribution in [0.3, 0.4) is 0 Å². The Hall–Kier alpha value is -3.23. The Morgan fingerprint density at radius 1 is 1.00 bits per heavy atom. The summed E-state index contributed by atoms with van der Waals surface area (Å²) in [5.74, 6) is -2.35. The number of hydrogen-bond acceptors (Lipinski definition) is 6. The van der Waals surface area contributed by atoms with E-state index in [9.17, 15) is 19.2 Å². The molecule has 4 rings (SSSR count). The number of amides is 3. The van der Waals surface area contributed by atoms with Gasteiger partial charge in [-0.25, -0.2) is 4.90 Å². The van der Waals surface area contributed by atoms with Gasteiger partial charge in [0.05, 0.1) is 16.1 Å². The molecule has 9 heteroatoms. The molecule has 3 aromatic rings. The van der Waals surface area contributed by atoms with Gasteiger partial charge in [0.15, 0.2) is 6.73 Å². The van der Waals surface area contributed by atoms with Crippen molar-refractivity contribution in [3.8, 4) is 0 Å². The maximum atomic E-state index is 12.3. The van der Waals surface area contributed by atoms with Crippen LogP contribution in [-0.4, -0.2) is 41.9 Å². The third kappa shape index (κ3) is 3.48. The van der Waals surface area contributed by atoms with Gasteiger partial charge in [-0.3, -0.25) is 19.2 Å². The molecular weight excluding hydrogens is 416 g/mol. The second-order valence-electron chi connectivity index (χ2n) is 6.15. The van der Waals surface area contributed by atoms with Gasteiger partial charge in [0, 0.05) is 10.1 Å². The zero-order valence-electron chi connectivity index (χ0n) is 14.8. The van der Waals surface area contributed by atoms with E-state index in [1.807, 2.05) is 18.2 Å². The van der Waals surface area contributed by atoms with Gasteiger partial charge in [-0.1, -0.05) is 41.9 Å². The van der Waals surface area contributed by atoms with Crippen LogP contribution in [0.5, 0.6) is 0 Å². The number of imide groups is 1. The van der Waals surface area contributed by atoms with E-state index in [0.717, 1.165) is 15.0 Å². The van der Waals surface area contributed by atoms with Gasteiger partial charge < -0.3 is 10.1 Å². The second-order valence-corrected chi connectivity index (χ2v) is 7.58. The van der Waals surface area contributed by atoms with Crippen LogP contribution in [-0.2, 0) is 9.53 Å². The summed E-state index contributed by atoms with van der Waals surface area (Å²) in [4.78, 5) is 49.9. The van der Waals surface area contributed by atoms with Crippen LogP contribution in [0.15, 0.2) is 48.5 Å². The summed E-state index contributed by atoms with van der Waals surface area (Å²) in [5.41, 5.74) is 0.530. The van der Waals surface area contributed by atoms with Gasteiger partial charge >= 0.3 is 5.97 Å². The molecule has 0 saturated heterocycles. The molecule has 0 unspecified atom stereocenters. The Morgan fingerprint density at radius 2 is 1.62 bits per heavy atom. The first-order valence-corrected chi connectivity index (χ1v) is 9.73. The zero-order valence-corrected chi connectivity index (χ0v) is 16.4. The summed E-state index contributed by atoms with van der Waals surface area (Å²) in [7, 11) is 0. The molecule has 0 bridgehead atoms. The van der Waals surface area contributed by atoms with Gasteiger partial charge in [-0.05, 0) is 18.2 Å². The minimum absolute atomic E-state index is 0.265. The van der Waals surface area contributed by atoms with E-state index < -0.39 is 37.0 Å².